The Morgan fingerprint density at radius 1 is 0.917 bits per heavy atom. The number of aliphatic hydroxyl groups excluding tert-OH is 1. The molecule has 0 saturated carbocycles. The monoisotopic (exact) mass is 531 g/mol. The Morgan fingerprint density at radius 3 is 1.86 bits per heavy atom. The number of benzene rings is 3. The molecule has 10 heteroatoms. The predicted octanol–water partition coefficient (Wildman–Crippen LogP) is 3.57. The highest BCUT2D eigenvalue weighted by Gasteiger charge is 2.49. The van der Waals surface area contributed by atoms with Gasteiger partial charge >= 0.3 is 5.97 Å². The Morgan fingerprint density at radius 2 is 1.39 bits per heavy atom. The molecule has 0 aliphatic rings. The van der Waals surface area contributed by atoms with E-state index in [2.05, 4.69) is 0 Å². The van der Waals surface area contributed by atoms with Crippen LogP contribution in [0.15, 0.2) is 77.7 Å². The summed E-state index contributed by atoms with van der Waals surface area (Å²) < 4.78 is 36.8. The summed E-state index contributed by atoms with van der Waals surface area (Å²) in [6.07, 6.45) is -1.90. The van der Waals surface area contributed by atoms with Crippen LogP contribution >= 0.6 is 11.8 Å². The third-order valence-corrected chi connectivity index (χ3v) is 9.06. The van der Waals surface area contributed by atoms with Gasteiger partial charge in [-0.05, 0) is 53.1 Å². The van der Waals surface area contributed by atoms with E-state index in [1.54, 1.807) is 38.5 Å². The number of ether oxygens (including phenoxy) is 2. The van der Waals surface area contributed by atoms with Crippen LogP contribution in [0.3, 0.4) is 0 Å². The van der Waals surface area contributed by atoms with Crippen LogP contribution in [-0.2, 0) is 20.4 Å². The van der Waals surface area contributed by atoms with E-state index in [1.807, 2.05) is 36.4 Å². The summed E-state index contributed by atoms with van der Waals surface area (Å²) in [7, 11) is -1.38. The fourth-order valence-electron chi connectivity index (χ4n) is 3.58. The highest BCUT2D eigenvalue weighted by Crippen LogP contribution is 2.30. The van der Waals surface area contributed by atoms with Gasteiger partial charge < -0.3 is 25.4 Å². The lowest BCUT2D eigenvalue weighted by Gasteiger charge is -2.27. The predicted molar refractivity (Wildman–Crippen MR) is 140 cm³/mol. The first-order valence-electron chi connectivity index (χ1n) is 11.0. The van der Waals surface area contributed by atoms with Gasteiger partial charge in [0.25, 0.3) is 0 Å². The van der Waals surface area contributed by atoms with Gasteiger partial charge in [0, 0.05) is 17.9 Å². The normalized spacial score (nSPS) is 14.0. The van der Waals surface area contributed by atoms with Crippen molar-refractivity contribution in [2.75, 3.05) is 20.0 Å². The number of hydrogen-bond donors (Lipinski definition) is 3. The Labute approximate surface area is 215 Å². The summed E-state index contributed by atoms with van der Waals surface area (Å²) in [4.78, 5) is 9.12. The first-order valence-corrected chi connectivity index (χ1v) is 13.6. The first-order chi connectivity index (χ1) is 17.1. The molecule has 2 unspecified atom stereocenters. The highest BCUT2D eigenvalue weighted by molar-refractivity contribution is 7.98. The minimum absolute atomic E-state index is 0.115. The molecular weight excluding hydrogens is 502 g/mol. The number of methoxy groups -OCH3 is 2. The Balaban J connectivity index is 1.70. The van der Waals surface area contributed by atoms with Crippen LogP contribution < -0.4 is 15.2 Å². The van der Waals surface area contributed by atoms with E-state index in [4.69, 9.17) is 15.2 Å². The molecule has 0 amide bonds. The molecule has 0 aromatic heterocycles. The average molecular weight is 532 g/mol. The number of carbonyl (C=O) groups is 1. The van der Waals surface area contributed by atoms with Crippen LogP contribution in [0.4, 0.5) is 0 Å². The number of nitrogens with two attached hydrogens (primary N) is 1. The van der Waals surface area contributed by atoms with E-state index in [0.29, 0.717) is 11.5 Å². The minimum Gasteiger partial charge on any atom is -0.497 e. The number of carboxylic acid groups (broad SMARTS) is 1. The van der Waals surface area contributed by atoms with Gasteiger partial charge in [0.15, 0.2) is 0 Å². The van der Waals surface area contributed by atoms with Gasteiger partial charge in [0.2, 0.25) is 14.7 Å². The Bertz CT molecular complexity index is 1260. The summed E-state index contributed by atoms with van der Waals surface area (Å²) in [5.41, 5.74) is 8.52. The molecule has 3 aromatic rings. The zero-order valence-electron chi connectivity index (χ0n) is 20.0. The van der Waals surface area contributed by atoms with E-state index in [9.17, 15) is 23.4 Å². The molecule has 8 nitrogen and oxygen atoms in total. The minimum atomic E-state index is -4.51. The van der Waals surface area contributed by atoms with Crippen LogP contribution in [0, 0.1) is 0 Å². The fraction of sp³-hybridized carbons (Fsp3) is 0.269. The standard InChI is InChI=1S/C26H29NO7S2/c1-33-22-9-3-18(4-10-22)16-35-17-21(28)15-26(27,25(29)30)36(31,32)24-13-7-20(8-14-24)19-5-11-23(34-2)12-6-19/h3-14,21,28H,15-17,27H2,1-2H3,(H,29,30). The van der Waals surface area contributed by atoms with Crippen molar-refractivity contribution in [3.05, 3.63) is 78.4 Å². The number of aliphatic carboxylic acids is 1. The second kappa shape index (κ2) is 11.8. The van der Waals surface area contributed by atoms with Crippen LogP contribution in [0.1, 0.15) is 12.0 Å². The third kappa shape index (κ3) is 6.19. The number of thioether (sulfide) groups is 1. The number of hydrogen-bond acceptors (Lipinski definition) is 8. The topological polar surface area (TPSA) is 136 Å². The van der Waals surface area contributed by atoms with Crippen molar-refractivity contribution in [2.45, 2.75) is 28.0 Å². The van der Waals surface area contributed by atoms with Gasteiger partial charge in [-0.15, -0.1) is 0 Å². The van der Waals surface area contributed by atoms with E-state index in [0.717, 1.165) is 22.4 Å². The first kappa shape index (κ1) is 27.5. The second-order valence-corrected chi connectivity index (χ2v) is 11.4. The summed E-state index contributed by atoms with van der Waals surface area (Å²) in [5, 5.41) is 20.2. The zero-order chi connectivity index (χ0) is 26.3. The molecule has 0 spiro atoms. The molecule has 0 heterocycles. The van der Waals surface area contributed by atoms with E-state index in [-0.39, 0.29) is 10.6 Å². The molecule has 0 aliphatic carbocycles. The van der Waals surface area contributed by atoms with Crippen molar-refractivity contribution in [1.82, 2.24) is 0 Å². The van der Waals surface area contributed by atoms with Crippen molar-refractivity contribution >= 4 is 27.6 Å². The SMILES string of the molecule is COc1ccc(CSCC(O)CC(N)(C(=O)O)S(=O)(=O)c2ccc(-c3ccc(OC)cc3)cc2)cc1. The molecule has 3 aromatic carbocycles. The third-order valence-electron chi connectivity index (χ3n) is 5.71. The lowest BCUT2D eigenvalue weighted by atomic mass is 10.1. The molecule has 0 radical (unpaired) electrons. The van der Waals surface area contributed by atoms with Crippen molar-refractivity contribution < 1.29 is 32.9 Å². The molecule has 0 aliphatic heterocycles. The summed E-state index contributed by atoms with van der Waals surface area (Å²) >= 11 is 1.35. The van der Waals surface area contributed by atoms with Gasteiger partial charge in [-0.3, -0.25) is 0 Å². The summed E-state index contributed by atoms with van der Waals surface area (Å²) in [6.45, 7) is 0. The summed E-state index contributed by atoms with van der Waals surface area (Å²) in [5.74, 6) is 0.351. The smallest absolute Gasteiger partial charge is 0.340 e. The molecule has 36 heavy (non-hydrogen) atoms. The fourth-order valence-corrected chi connectivity index (χ4v) is 6.07. The van der Waals surface area contributed by atoms with E-state index < -0.39 is 33.2 Å². The lowest BCUT2D eigenvalue weighted by molar-refractivity contribution is -0.140. The van der Waals surface area contributed by atoms with Gasteiger partial charge in [0.1, 0.15) is 11.5 Å². The molecule has 2 atom stereocenters. The van der Waals surface area contributed by atoms with Gasteiger partial charge in [-0.25, -0.2) is 13.2 Å². The molecule has 0 bridgehead atoms. The maximum Gasteiger partial charge on any atom is 0.340 e. The van der Waals surface area contributed by atoms with Crippen molar-refractivity contribution in [1.29, 1.82) is 0 Å². The van der Waals surface area contributed by atoms with E-state index >= 15 is 0 Å². The molecule has 3 rings (SSSR count). The van der Waals surface area contributed by atoms with E-state index in [1.165, 1.54) is 23.9 Å². The van der Waals surface area contributed by atoms with Crippen LogP contribution in [0.5, 0.6) is 11.5 Å². The molecule has 4 N–H and O–H groups in total. The number of carboxylic acids is 1. The number of rotatable bonds is 12. The van der Waals surface area contributed by atoms with Crippen LogP contribution in [0.25, 0.3) is 11.1 Å². The number of aliphatic hydroxyl groups is 1. The second-order valence-electron chi connectivity index (χ2n) is 8.17. The molecule has 192 valence electrons. The van der Waals surface area contributed by atoms with Crippen LogP contribution in [0.2, 0.25) is 0 Å². The molecular formula is C26H29NO7S2. The highest BCUT2D eigenvalue weighted by atomic mass is 32.2. The largest absolute Gasteiger partial charge is 0.497 e. The average Bonchev–Trinajstić information content (AvgIpc) is 2.89. The number of sulfone groups is 1. The van der Waals surface area contributed by atoms with Gasteiger partial charge in [-0.1, -0.05) is 36.4 Å². The van der Waals surface area contributed by atoms with Gasteiger partial charge in [-0.2, -0.15) is 11.8 Å². The van der Waals surface area contributed by atoms with Gasteiger partial charge in [0.05, 0.1) is 25.2 Å². The lowest BCUT2D eigenvalue weighted by Crippen LogP contribution is -2.56. The molecule has 0 fully saturated rings. The molecule has 0 saturated heterocycles. The quantitative estimate of drug-likeness (QED) is 0.320. The van der Waals surface area contributed by atoms with Crippen LogP contribution in [-0.4, -0.2) is 55.5 Å². The Hall–Kier alpha value is -3.05. The summed E-state index contributed by atoms with van der Waals surface area (Å²) in [6, 6.07) is 20.4. The van der Waals surface area contributed by atoms with Crippen molar-refractivity contribution in [3.8, 4) is 22.6 Å². The Kier molecular flexibility index (Phi) is 9.02. The maximum absolute atomic E-state index is 13.3. The van der Waals surface area contributed by atoms with Crippen molar-refractivity contribution in [2.24, 2.45) is 5.73 Å². The zero-order valence-corrected chi connectivity index (χ0v) is 21.6. The maximum atomic E-state index is 13.3. The van der Waals surface area contributed by atoms with Crippen molar-refractivity contribution in [3.63, 3.8) is 0 Å².